The van der Waals surface area contributed by atoms with Crippen LogP contribution < -0.4 is 0 Å². The first kappa shape index (κ1) is 20.6. The summed E-state index contributed by atoms with van der Waals surface area (Å²) in [5.41, 5.74) is 4.99. The van der Waals surface area contributed by atoms with E-state index < -0.39 is 0 Å². The van der Waals surface area contributed by atoms with E-state index in [1.54, 1.807) is 0 Å². The molecule has 0 amide bonds. The van der Waals surface area contributed by atoms with Crippen LogP contribution in [0.1, 0.15) is 0 Å². The fourth-order valence-corrected chi connectivity index (χ4v) is 6.69. The summed E-state index contributed by atoms with van der Waals surface area (Å²) in [6.07, 6.45) is 0. The second-order valence-corrected chi connectivity index (χ2v) is 10.5. The molecule has 8 aromatic rings. The quantitative estimate of drug-likeness (QED) is 0.223. The summed E-state index contributed by atoms with van der Waals surface area (Å²) in [6, 6.07) is 45.4. The third kappa shape index (κ3) is 3.25. The van der Waals surface area contributed by atoms with Gasteiger partial charge in [-0.1, -0.05) is 72.8 Å². The number of rotatable bonds is 1. The van der Waals surface area contributed by atoms with Gasteiger partial charge in [0, 0.05) is 42.8 Å². The van der Waals surface area contributed by atoms with Crippen LogP contribution in [0.3, 0.4) is 0 Å². The lowest BCUT2D eigenvalue weighted by molar-refractivity contribution is 0.656. The van der Waals surface area contributed by atoms with E-state index >= 15 is 0 Å². The number of fused-ring (bicyclic) bond motifs is 8. The molecule has 37 heavy (non-hydrogen) atoms. The molecule has 0 aliphatic heterocycles. The van der Waals surface area contributed by atoms with Crippen molar-refractivity contribution in [3.05, 3.63) is 127 Å². The van der Waals surface area contributed by atoms with Crippen LogP contribution in [0.4, 0.5) is 0 Å². The molecule has 0 atom stereocenters. The first-order chi connectivity index (χ1) is 18.3. The third-order valence-corrected chi connectivity index (χ3v) is 8.35. The first-order valence-corrected chi connectivity index (χ1v) is 13.2. The minimum Gasteiger partial charge on any atom is -0.457 e. The zero-order valence-corrected chi connectivity index (χ0v) is 20.7. The molecule has 2 aromatic heterocycles. The maximum atomic E-state index is 6.38. The van der Waals surface area contributed by atoms with E-state index in [-0.39, 0.29) is 0 Å². The van der Waals surface area contributed by atoms with E-state index in [4.69, 9.17) is 4.42 Å². The van der Waals surface area contributed by atoms with Gasteiger partial charge in [-0.25, -0.2) is 0 Å². The summed E-state index contributed by atoms with van der Waals surface area (Å²) in [5.74, 6) is 0. The average molecular weight is 492 g/mol. The Labute approximate surface area is 216 Å². The molecule has 0 unspecified atom stereocenters. The summed E-state index contributed by atoms with van der Waals surface area (Å²) < 4.78 is 11.3. The summed E-state index contributed by atoms with van der Waals surface area (Å²) >= 11 is 1.85. The molecule has 2 heterocycles. The highest BCUT2D eigenvalue weighted by Crippen LogP contribution is 2.36. The molecular formula is C34H21NOS. The SMILES string of the molecule is c1ccc2c(c1)sc1cc(-n3c4cccc(c4)oc4ccc5cccc(c5c4)c4ccccc43)ccc12. The summed E-state index contributed by atoms with van der Waals surface area (Å²) in [6.45, 7) is 0. The van der Waals surface area contributed by atoms with Gasteiger partial charge in [0.2, 0.25) is 0 Å². The Morgan fingerprint density at radius 3 is 2.24 bits per heavy atom. The monoisotopic (exact) mass is 491 g/mol. The van der Waals surface area contributed by atoms with Crippen molar-refractivity contribution in [1.82, 2.24) is 4.57 Å². The molecule has 0 saturated carbocycles. The molecule has 0 aliphatic carbocycles. The maximum Gasteiger partial charge on any atom is 0.129 e. The lowest BCUT2D eigenvalue weighted by Gasteiger charge is -2.13. The Morgan fingerprint density at radius 1 is 0.486 bits per heavy atom. The Kier molecular flexibility index (Phi) is 4.42. The molecule has 0 aliphatic rings. The van der Waals surface area contributed by atoms with Crippen molar-refractivity contribution < 1.29 is 4.42 Å². The van der Waals surface area contributed by atoms with Gasteiger partial charge in [-0.15, -0.1) is 11.3 Å². The predicted octanol–water partition coefficient (Wildman–Crippen LogP) is 10.2. The highest BCUT2D eigenvalue weighted by atomic mass is 32.1. The van der Waals surface area contributed by atoms with Crippen molar-refractivity contribution in [2.45, 2.75) is 0 Å². The molecule has 3 heteroatoms. The molecule has 0 N–H and O–H groups in total. The lowest BCUT2D eigenvalue weighted by Crippen LogP contribution is -1.97. The molecule has 0 fully saturated rings. The van der Waals surface area contributed by atoms with Crippen molar-refractivity contribution in [3.8, 4) is 5.69 Å². The fourth-order valence-electron chi connectivity index (χ4n) is 5.55. The molecular weight excluding hydrogens is 470 g/mol. The molecule has 174 valence electrons. The third-order valence-electron chi connectivity index (χ3n) is 7.22. The van der Waals surface area contributed by atoms with Gasteiger partial charge >= 0.3 is 0 Å². The average Bonchev–Trinajstić information content (AvgIpc) is 3.31. The van der Waals surface area contributed by atoms with Gasteiger partial charge in [-0.05, 0) is 64.7 Å². The van der Waals surface area contributed by atoms with Gasteiger partial charge in [-0.3, -0.25) is 0 Å². The zero-order chi connectivity index (χ0) is 24.3. The van der Waals surface area contributed by atoms with Gasteiger partial charge in [-0.2, -0.15) is 0 Å². The van der Waals surface area contributed by atoms with Crippen molar-refractivity contribution in [3.63, 3.8) is 0 Å². The van der Waals surface area contributed by atoms with Crippen LogP contribution >= 0.6 is 11.3 Å². The molecule has 4 bridgehead atoms. The molecule has 6 aromatic carbocycles. The fraction of sp³-hybridized carbons (Fsp3) is 0. The van der Waals surface area contributed by atoms with E-state index in [1.165, 1.54) is 41.7 Å². The highest BCUT2D eigenvalue weighted by molar-refractivity contribution is 7.25. The molecule has 2 nitrogen and oxygen atoms in total. The number of thiophene rings is 1. The number of aromatic nitrogens is 1. The van der Waals surface area contributed by atoms with E-state index in [2.05, 4.69) is 126 Å². The molecule has 8 rings (SSSR count). The topological polar surface area (TPSA) is 18.1 Å². The van der Waals surface area contributed by atoms with E-state index in [0.29, 0.717) is 0 Å². The van der Waals surface area contributed by atoms with Crippen molar-refractivity contribution in [2.75, 3.05) is 0 Å². The van der Waals surface area contributed by atoms with Crippen molar-refractivity contribution in [1.29, 1.82) is 0 Å². The second-order valence-electron chi connectivity index (χ2n) is 9.42. The lowest BCUT2D eigenvalue weighted by atomic mass is 10.0. The first-order valence-electron chi connectivity index (χ1n) is 12.4. The van der Waals surface area contributed by atoms with E-state index in [9.17, 15) is 0 Å². The van der Waals surface area contributed by atoms with Gasteiger partial charge in [0.1, 0.15) is 11.2 Å². The Morgan fingerprint density at radius 2 is 1.27 bits per heavy atom. The number of benzene rings is 6. The maximum absolute atomic E-state index is 6.38. The van der Waals surface area contributed by atoms with Crippen LogP contribution in [0.25, 0.3) is 69.6 Å². The van der Waals surface area contributed by atoms with Gasteiger partial charge in [0.15, 0.2) is 0 Å². The Bertz CT molecular complexity index is 2210. The second kappa shape index (κ2) is 7.95. The Balaban J connectivity index is 1.61. The number of hydrogen-bond donors (Lipinski definition) is 0. The molecule has 0 radical (unpaired) electrons. The minimum absolute atomic E-state index is 0.821. The van der Waals surface area contributed by atoms with Gasteiger partial charge in [0.05, 0.1) is 5.52 Å². The highest BCUT2D eigenvalue weighted by Gasteiger charge is 2.10. The largest absolute Gasteiger partial charge is 0.457 e. The smallest absolute Gasteiger partial charge is 0.129 e. The zero-order valence-electron chi connectivity index (χ0n) is 19.9. The summed E-state index contributed by atoms with van der Waals surface area (Å²) in [5, 5.41) is 7.38. The van der Waals surface area contributed by atoms with E-state index in [1.807, 2.05) is 17.4 Å². The van der Waals surface area contributed by atoms with Crippen LogP contribution in [0.2, 0.25) is 0 Å². The predicted molar refractivity (Wildman–Crippen MR) is 159 cm³/mol. The number of hydrogen-bond acceptors (Lipinski definition) is 2. The minimum atomic E-state index is 0.821. The summed E-state index contributed by atoms with van der Waals surface area (Å²) in [4.78, 5) is 0. The standard InChI is InChI=1S/C34H21NOS/c1-3-13-32-28(10-1)27-12-5-7-22-15-17-26(21-31(22)27)36-25-9-6-8-23(19-25)35(32)24-16-18-30-29-11-2-4-14-33(29)37-34(30)20-24/h1-21H. The van der Waals surface area contributed by atoms with E-state index in [0.717, 1.165) is 27.9 Å². The molecule has 0 spiro atoms. The van der Waals surface area contributed by atoms with Crippen molar-refractivity contribution in [2.24, 2.45) is 0 Å². The van der Waals surface area contributed by atoms with Crippen LogP contribution in [0, 0.1) is 0 Å². The summed E-state index contributed by atoms with van der Waals surface area (Å²) in [7, 11) is 0. The van der Waals surface area contributed by atoms with Crippen molar-refractivity contribution >= 4 is 75.3 Å². The number of nitrogens with zero attached hydrogens (tertiary/aromatic N) is 1. The van der Waals surface area contributed by atoms with Crippen LogP contribution in [0.5, 0.6) is 0 Å². The molecule has 0 saturated heterocycles. The number of para-hydroxylation sites is 1. The van der Waals surface area contributed by atoms with Gasteiger partial charge < -0.3 is 8.98 Å². The normalized spacial score (nSPS) is 11.8. The van der Waals surface area contributed by atoms with Crippen LogP contribution in [-0.4, -0.2) is 4.57 Å². The van der Waals surface area contributed by atoms with Crippen LogP contribution in [0.15, 0.2) is 132 Å². The Hall–Kier alpha value is -4.60. The van der Waals surface area contributed by atoms with Crippen LogP contribution in [-0.2, 0) is 0 Å². The van der Waals surface area contributed by atoms with Gasteiger partial charge in [0.25, 0.3) is 0 Å².